The topological polar surface area (TPSA) is 80.4 Å². The largest absolute Gasteiger partial charge is 0.352 e. The average Bonchev–Trinajstić information content (AvgIpc) is 3.12. The number of carbonyl (C=O) groups is 1. The third kappa shape index (κ3) is 7.15. The highest BCUT2D eigenvalue weighted by Crippen LogP contribution is 2.32. The van der Waals surface area contributed by atoms with Gasteiger partial charge in [0, 0.05) is 31.5 Å². The van der Waals surface area contributed by atoms with Gasteiger partial charge in [0.15, 0.2) is 0 Å². The van der Waals surface area contributed by atoms with Gasteiger partial charge in [-0.3, -0.25) is 14.7 Å². The molecule has 0 bridgehead atoms. The Morgan fingerprint density at radius 1 is 1.30 bits per heavy atom. The molecule has 2 aromatic heterocycles. The molecule has 1 saturated heterocycles. The average molecular weight is 506 g/mol. The zero-order valence-electron chi connectivity index (χ0n) is 22.8. The summed E-state index contributed by atoms with van der Waals surface area (Å²) in [5, 5.41) is 3.11. The molecule has 1 unspecified atom stereocenters. The van der Waals surface area contributed by atoms with E-state index in [1.807, 2.05) is 19.2 Å². The van der Waals surface area contributed by atoms with Crippen molar-refractivity contribution >= 4 is 11.5 Å². The van der Waals surface area contributed by atoms with Crippen molar-refractivity contribution < 1.29 is 4.79 Å². The second kappa shape index (κ2) is 13.1. The van der Waals surface area contributed by atoms with E-state index in [4.69, 9.17) is 4.98 Å². The molecule has 1 amide bonds. The Hall–Kier alpha value is -2.81. The Kier molecular flexibility index (Phi) is 9.66. The van der Waals surface area contributed by atoms with Crippen LogP contribution in [0.3, 0.4) is 0 Å². The number of aromatic nitrogens is 3. The first-order valence-electron chi connectivity index (χ1n) is 13.7. The molecule has 1 fully saturated rings. The smallest absolute Gasteiger partial charge is 0.253 e. The molecule has 0 saturated carbocycles. The summed E-state index contributed by atoms with van der Waals surface area (Å²) in [7, 11) is 4.31. The monoisotopic (exact) mass is 505 g/mol. The fourth-order valence-electron chi connectivity index (χ4n) is 5.52. The van der Waals surface area contributed by atoms with Crippen LogP contribution in [0.1, 0.15) is 60.2 Å². The van der Waals surface area contributed by atoms with Crippen molar-refractivity contribution in [1.82, 2.24) is 35.0 Å². The van der Waals surface area contributed by atoms with Gasteiger partial charge in [-0.05, 0) is 90.5 Å². The lowest BCUT2D eigenvalue weighted by Crippen LogP contribution is -2.32. The van der Waals surface area contributed by atoms with Gasteiger partial charge in [0.05, 0.1) is 29.5 Å². The van der Waals surface area contributed by atoms with Gasteiger partial charge in [0.1, 0.15) is 5.82 Å². The summed E-state index contributed by atoms with van der Waals surface area (Å²) < 4.78 is 0. The third-order valence-electron chi connectivity index (χ3n) is 7.56. The number of fused-ring (bicyclic) bond motifs is 1. The number of nitrogens with zero attached hydrogens (tertiary/aromatic N) is 5. The summed E-state index contributed by atoms with van der Waals surface area (Å²) in [6, 6.07) is 4.49. The lowest BCUT2D eigenvalue weighted by atomic mass is 9.91. The number of imidazole rings is 1. The molecule has 1 aliphatic carbocycles. The van der Waals surface area contributed by atoms with Crippen molar-refractivity contribution in [3.8, 4) is 0 Å². The second-order valence-corrected chi connectivity index (χ2v) is 10.5. The predicted molar refractivity (Wildman–Crippen MR) is 149 cm³/mol. The number of aromatic amines is 1. The highest BCUT2D eigenvalue weighted by molar-refractivity contribution is 6.19. The van der Waals surface area contributed by atoms with Crippen LogP contribution in [-0.4, -0.2) is 88.9 Å². The normalized spacial score (nSPS) is 19.5. The van der Waals surface area contributed by atoms with Crippen molar-refractivity contribution in [3.63, 3.8) is 0 Å². The van der Waals surface area contributed by atoms with E-state index in [-0.39, 0.29) is 11.9 Å². The van der Waals surface area contributed by atoms with Crippen LogP contribution in [0.25, 0.3) is 5.57 Å². The van der Waals surface area contributed by atoms with E-state index in [1.165, 1.54) is 17.7 Å². The van der Waals surface area contributed by atoms with Crippen molar-refractivity contribution in [3.05, 3.63) is 65.5 Å². The Morgan fingerprint density at radius 2 is 2.16 bits per heavy atom. The summed E-state index contributed by atoms with van der Waals surface area (Å²) in [4.78, 5) is 33.3. The van der Waals surface area contributed by atoms with Crippen LogP contribution in [0.15, 0.2) is 37.1 Å². The molecule has 2 aliphatic rings. The molecule has 0 radical (unpaired) electrons. The number of carbonyl (C=O) groups excluding carboxylic acids is 1. The minimum atomic E-state index is -0.101. The molecule has 1 aliphatic heterocycles. The molecule has 2 aromatic rings. The molecule has 2 N–H and O–H groups in total. The predicted octanol–water partition coefficient (Wildman–Crippen LogP) is 3.34. The van der Waals surface area contributed by atoms with Gasteiger partial charge in [-0.2, -0.15) is 0 Å². The number of hydrogen-bond donors (Lipinski definition) is 2. The first kappa shape index (κ1) is 27.2. The molecule has 37 heavy (non-hydrogen) atoms. The number of hydrogen-bond acceptors (Lipinski definition) is 6. The molecular weight excluding hydrogens is 462 g/mol. The Morgan fingerprint density at radius 3 is 3.00 bits per heavy atom. The molecule has 0 aromatic carbocycles. The zero-order valence-corrected chi connectivity index (χ0v) is 22.8. The first-order chi connectivity index (χ1) is 18.0. The molecule has 200 valence electrons. The number of H-pyrrole nitrogens is 1. The summed E-state index contributed by atoms with van der Waals surface area (Å²) in [5.41, 5.74) is 4.66. The van der Waals surface area contributed by atoms with Gasteiger partial charge in [0.25, 0.3) is 5.91 Å². The third-order valence-corrected chi connectivity index (χ3v) is 7.56. The van der Waals surface area contributed by atoms with Crippen LogP contribution in [0.2, 0.25) is 0 Å². The number of pyridine rings is 1. The highest BCUT2D eigenvalue weighted by atomic mass is 16.1. The number of aryl methyl sites for hydroxylation is 2. The van der Waals surface area contributed by atoms with Crippen molar-refractivity contribution in [2.45, 2.75) is 51.6 Å². The number of allylic oxidation sites excluding steroid dienone is 2. The fourth-order valence-corrected chi connectivity index (χ4v) is 5.52. The van der Waals surface area contributed by atoms with Gasteiger partial charge in [-0.15, -0.1) is 0 Å². The van der Waals surface area contributed by atoms with E-state index < -0.39 is 0 Å². The summed E-state index contributed by atoms with van der Waals surface area (Å²) >= 11 is 0. The van der Waals surface area contributed by atoms with E-state index in [1.54, 1.807) is 12.2 Å². The number of amides is 1. The summed E-state index contributed by atoms with van der Waals surface area (Å²) in [5.74, 6) is 0.752. The highest BCUT2D eigenvalue weighted by Gasteiger charge is 2.26. The SMILES string of the molecule is C=C/C=C(/C(=O)NCCCN1CCCN(C)CC1)c1nc(CN(C)C2CCCc3cccnc32)[nH]c1C. The fraction of sp³-hybridized carbons (Fsp3) is 0.552. The van der Waals surface area contributed by atoms with Crippen LogP contribution in [0.4, 0.5) is 0 Å². The van der Waals surface area contributed by atoms with Crippen LogP contribution in [0, 0.1) is 6.92 Å². The molecule has 4 rings (SSSR count). The Bertz CT molecular complexity index is 1090. The maximum Gasteiger partial charge on any atom is 0.253 e. The molecule has 8 heteroatoms. The molecule has 3 heterocycles. The summed E-state index contributed by atoms with van der Waals surface area (Å²) in [6.07, 6.45) is 10.8. The Labute approximate surface area is 221 Å². The minimum absolute atomic E-state index is 0.101. The van der Waals surface area contributed by atoms with E-state index in [0.29, 0.717) is 24.4 Å². The summed E-state index contributed by atoms with van der Waals surface area (Å²) in [6.45, 7) is 12.6. The Balaban J connectivity index is 1.35. The van der Waals surface area contributed by atoms with Crippen LogP contribution < -0.4 is 5.32 Å². The van der Waals surface area contributed by atoms with Crippen molar-refractivity contribution in [1.29, 1.82) is 0 Å². The van der Waals surface area contributed by atoms with Gasteiger partial charge < -0.3 is 20.1 Å². The van der Waals surface area contributed by atoms with Gasteiger partial charge in [0.2, 0.25) is 0 Å². The van der Waals surface area contributed by atoms with Gasteiger partial charge in [-0.1, -0.05) is 18.7 Å². The van der Waals surface area contributed by atoms with Crippen molar-refractivity contribution in [2.24, 2.45) is 0 Å². The number of nitrogens with one attached hydrogen (secondary N) is 2. The minimum Gasteiger partial charge on any atom is -0.352 e. The quantitative estimate of drug-likeness (QED) is 0.293. The van der Waals surface area contributed by atoms with Crippen LogP contribution >= 0.6 is 0 Å². The molecular formula is C29H43N7O. The lowest BCUT2D eigenvalue weighted by molar-refractivity contribution is -0.115. The lowest BCUT2D eigenvalue weighted by Gasteiger charge is -2.31. The zero-order chi connectivity index (χ0) is 26.2. The van der Waals surface area contributed by atoms with Gasteiger partial charge >= 0.3 is 0 Å². The second-order valence-electron chi connectivity index (χ2n) is 10.5. The maximum absolute atomic E-state index is 13.1. The van der Waals surface area contributed by atoms with Gasteiger partial charge in [-0.25, -0.2) is 4.98 Å². The molecule has 0 spiro atoms. The number of rotatable bonds is 10. The van der Waals surface area contributed by atoms with Crippen LogP contribution in [-0.2, 0) is 17.8 Å². The number of likely N-dealkylation sites (N-methyl/N-ethyl adjacent to an activating group) is 1. The molecule has 1 atom stereocenters. The van der Waals surface area contributed by atoms with Crippen molar-refractivity contribution in [2.75, 3.05) is 53.4 Å². The van der Waals surface area contributed by atoms with E-state index >= 15 is 0 Å². The maximum atomic E-state index is 13.1. The van der Waals surface area contributed by atoms with E-state index in [2.05, 4.69) is 56.7 Å². The van der Waals surface area contributed by atoms with E-state index in [9.17, 15) is 4.79 Å². The standard InChI is InChI=1S/C29H43N7O/c1-5-10-24(29(37)31-15-8-17-36-18-9-16-34(3)19-20-36)27-22(2)32-26(33-27)21-35(4)25-13-6-11-23-12-7-14-30-28(23)25/h5,7,10,12,14,25H,1,6,8-9,11,13,15-21H2,2-4H3,(H,31,37)(H,32,33)/b24-10+. The van der Waals surface area contributed by atoms with Crippen LogP contribution in [0.5, 0.6) is 0 Å². The molecule has 8 nitrogen and oxygen atoms in total. The van der Waals surface area contributed by atoms with E-state index in [0.717, 1.165) is 69.9 Å². The first-order valence-corrected chi connectivity index (χ1v) is 13.7.